The zero-order chi connectivity index (χ0) is 8.27. The van der Waals surface area contributed by atoms with Crippen LogP contribution in [0.2, 0.25) is 0 Å². The molecule has 0 aromatic heterocycles. The number of hydrogen-bond donors (Lipinski definition) is 2. The number of nitrogens with one attached hydrogen (secondary N) is 1. The minimum absolute atomic E-state index is 0.467. The van der Waals surface area contributed by atoms with E-state index in [1.165, 1.54) is 0 Å². The predicted octanol–water partition coefficient (Wildman–Crippen LogP) is -0.715. The Hall–Kier alpha value is -1.34. The van der Waals surface area contributed by atoms with Crippen LogP contribution in [-0.4, -0.2) is 19.0 Å². The van der Waals surface area contributed by atoms with Crippen LogP contribution in [0.3, 0.4) is 0 Å². The standard InChI is InChI=1S/C7H9N3O/c8-3-5-4-10-2-1-6(5)7(9)11/h10H,1-2,4H2,(H2,9,11). The molecule has 1 rings (SSSR count). The molecule has 0 atom stereocenters. The first kappa shape index (κ1) is 7.76. The fourth-order valence-corrected chi connectivity index (χ4v) is 1.06. The smallest absolute Gasteiger partial charge is 0.245 e. The van der Waals surface area contributed by atoms with E-state index in [9.17, 15) is 4.79 Å². The maximum absolute atomic E-state index is 10.7. The zero-order valence-electron chi connectivity index (χ0n) is 6.05. The highest BCUT2D eigenvalue weighted by Gasteiger charge is 2.15. The lowest BCUT2D eigenvalue weighted by Gasteiger charge is -2.13. The molecule has 0 fully saturated rings. The summed E-state index contributed by atoms with van der Waals surface area (Å²) >= 11 is 0. The Morgan fingerprint density at radius 1 is 1.73 bits per heavy atom. The van der Waals surface area contributed by atoms with E-state index in [0.717, 1.165) is 6.54 Å². The van der Waals surface area contributed by atoms with Crippen molar-refractivity contribution in [3.63, 3.8) is 0 Å². The first-order chi connectivity index (χ1) is 5.25. The van der Waals surface area contributed by atoms with Gasteiger partial charge in [0.1, 0.15) is 0 Å². The van der Waals surface area contributed by atoms with E-state index < -0.39 is 5.91 Å². The van der Waals surface area contributed by atoms with Gasteiger partial charge in [-0.2, -0.15) is 5.26 Å². The van der Waals surface area contributed by atoms with E-state index >= 15 is 0 Å². The van der Waals surface area contributed by atoms with E-state index in [2.05, 4.69) is 5.32 Å². The normalized spacial score (nSPS) is 17.7. The van der Waals surface area contributed by atoms with Gasteiger partial charge in [0.05, 0.1) is 11.6 Å². The molecule has 0 aromatic rings. The topological polar surface area (TPSA) is 78.9 Å². The van der Waals surface area contributed by atoms with Crippen molar-refractivity contribution in [1.82, 2.24) is 5.32 Å². The Bertz CT molecular complexity index is 249. The number of amides is 1. The summed E-state index contributed by atoms with van der Waals surface area (Å²) in [4.78, 5) is 10.7. The molecule has 4 nitrogen and oxygen atoms in total. The zero-order valence-corrected chi connectivity index (χ0v) is 6.05. The highest BCUT2D eigenvalue weighted by molar-refractivity contribution is 5.93. The second kappa shape index (κ2) is 3.17. The molecule has 0 radical (unpaired) electrons. The Morgan fingerprint density at radius 3 is 2.91 bits per heavy atom. The molecule has 0 bridgehead atoms. The summed E-state index contributed by atoms with van der Waals surface area (Å²) in [5.41, 5.74) is 6.01. The van der Waals surface area contributed by atoms with Crippen molar-refractivity contribution in [2.75, 3.05) is 13.1 Å². The molecule has 0 saturated carbocycles. The van der Waals surface area contributed by atoms with Crippen molar-refractivity contribution in [1.29, 1.82) is 5.26 Å². The quantitative estimate of drug-likeness (QED) is 0.519. The number of hydrogen-bond acceptors (Lipinski definition) is 3. The average Bonchev–Trinajstić information content (AvgIpc) is 2.04. The van der Waals surface area contributed by atoms with Crippen molar-refractivity contribution >= 4 is 5.91 Å². The van der Waals surface area contributed by atoms with E-state index in [4.69, 9.17) is 11.0 Å². The Balaban J connectivity index is 2.93. The number of nitriles is 1. The van der Waals surface area contributed by atoms with E-state index in [0.29, 0.717) is 24.1 Å². The third-order valence-corrected chi connectivity index (χ3v) is 1.65. The molecule has 3 N–H and O–H groups in total. The number of primary amides is 1. The Labute approximate surface area is 64.7 Å². The molecule has 1 aliphatic heterocycles. The van der Waals surface area contributed by atoms with Gasteiger partial charge in [0.25, 0.3) is 0 Å². The Kier molecular flexibility index (Phi) is 2.24. The van der Waals surface area contributed by atoms with Crippen LogP contribution < -0.4 is 11.1 Å². The van der Waals surface area contributed by atoms with E-state index in [1.54, 1.807) is 0 Å². The Morgan fingerprint density at radius 2 is 2.45 bits per heavy atom. The summed E-state index contributed by atoms with van der Waals surface area (Å²) in [6.45, 7) is 1.19. The highest BCUT2D eigenvalue weighted by atomic mass is 16.1. The molecule has 0 aromatic carbocycles. The molecule has 1 amide bonds. The van der Waals surface area contributed by atoms with Gasteiger partial charge in [-0.15, -0.1) is 0 Å². The monoisotopic (exact) mass is 151 g/mol. The largest absolute Gasteiger partial charge is 0.366 e. The molecule has 11 heavy (non-hydrogen) atoms. The molecule has 0 saturated heterocycles. The van der Waals surface area contributed by atoms with Crippen molar-refractivity contribution in [2.24, 2.45) is 5.73 Å². The maximum atomic E-state index is 10.7. The molecule has 0 unspecified atom stereocenters. The summed E-state index contributed by atoms with van der Waals surface area (Å²) < 4.78 is 0. The van der Waals surface area contributed by atoms with Crippen LogP contribution in [-0.2, 0) is 4.79 Å². The lowest BCUT2D eigenvalue weighted by Crippen LogP contribution is -2.29. The molecule has 0 spiro atoms. The van der Waals surface area contributed by atoms with Gasteiger partial charge in [0.15, 0.2) is 0 Å². The van der Waals surface area contributed by atoms with Crippen LogP contribution >= 0.6 is 0 Å². The molecule has 1 aliphatic rings. The van der Waals surface area contributed by atoms with E-state index in [1.807, 2.05) is 6.07 Å². The predicted molar refractivity (Wildman–Crippen MR) is 39.3 cm³/mol. The SMILES string of the molecule is N#CC1=C(C(N)=O)CCNC1. The van der Waals surface area contributed by atoms with Gasteiger partial charge in [0.2, 0.25) is 5.91 Å². The number of nitrogens with two attached hydrogens (primary N) is 1. The van der Waals surface area contributed by atoms with Crippen LogP contribution in [0.1, 0.15) is 6.42 Å². The first-order valence-electron chi connectivity index (χ1n) is 3.38. The van der Waals surface area contributed by atoms with Gasteiger partial charge >= 0.3 is 0 Å². The minimum atomic E-state index is -0.469. The van der Waals surface area contributed by atoms with Crippen LogP contribution in [0.4, 0.5) is 0 Å². The summed E-state index contributed by atoms with van der Waals surface area (Å²) in [7, 11) is 0. The van der Waals surface area contributed by atoms with Crippen LogP contribution in [0, 0.1) is 11.3 Å². The summed E-state index contributed by atoms with van der Waals surface area (Å²) in [6, 6.07) is 1.95. The first-order valence-corrected chi connectivity index (χ1v) is 3.38. The lowest BCUT2D eigenvalue weighted by atomic mass is 10.0. The van der Waals surface area contributed by atoms with Crippen molar-refractivity contribution in [3.8, 4) is 6.07 Å². The summed E-state index contributed by atoms with van der Waals surface area (Å²) in [5, 5.41) is 11.5. The number of nitrogens with zero attached hydrogens (tertiary/aromatic N) is 1. The van der Waals surface area contributed by atoms with Gasteiger partial charge in [-0.3, -0.25) is 4.79 Å². The van der Waals surface area contributed by atoms with Crippen molar-refractivity contribution < 1.29 is 4.79 Å². The van der Waals surface area contributed by atoms with Gasteiger partial charge in [-0.05, 0) is 13.0 Å². The van der Waals surface area contributed by atoms with Gasteiger partial charge in [-0.1, -0.05) is 0 Å². The minimum Gasteiger partial charge on any atom is -0.366 e. The number of carbonyl (C=O) groups excluding carboxylic acids is 1. The summed E-state index contributed by atoms with van der Waals surface area (Å²) in [5.74, 6) is -0.469. The third kappa shape index (κ3) is 1.57. The second-order valence-electron chi connectivity index (χ2n) is 2.36. The van der Waals surface area contributed by atoms with Gasteiger partial charge < -0.3 is 11.1 Å². The molecular weight excluding hydrogens is 142 g/mol. The van der Waals surface area contributed by atoms with Crippen LogP contribution in [0.25, 0.3) is 0 Å². The van der Waals surface area contributed by atoms with Gasteiger partial charge in [0, 0.05) is 12.1 Å². The molecule has 4 heteroatoms. The molecule has 1 heterocycles. The van der Waals surface area contributed by atoms with Crippen molar-refractivity contribution in [3.05, 3.63) is 11.1 Å². The maximum Gasteiger partial charge on any atom is 0.245 e. The number of rotatable bonds is 1. The fourth-order valence-electron chi connectivity index (χ4n) is 1.06. The highest BCUT2D eigenvalue weighted by Crippen LogP contribution is 2.10. The third-order valence-electron chi connectivity index (χ3n) is 1.65. The van der Waals surface area contributed by atoms with E-state index in [-0.39, 0.29) is 0 Å². The van der Waals surface area contributed by atoms with Crippen LogP contribution in [0.5, 0.6) is 0 Å². The number of carbonyl (C=O) groups is 1. The second-order valence-corrected chi connectivity index (χ2v) is 2.36. The average molecular weight is 151 g/mol. The van der Waals surface area contributed by atoms with Gasteiger partial charge in [-0.25, -0.2) is 0 Å². The fraction of sp³-hybridized carbons (Fsp3) is 0.429. The van der Waals surface area contributed by atoms with Crippen molar-refractivity contribution in [2.45, 2.75) is 6.42 Å². The summed E-state index contributed by atoms with van der Waals surface area (Å²) in [6.07, 6.45) is 0.568. The molecular formula is C7H9N3O. The molecule has 0 aliphatic carbocycles. The molecule has 58 valence electrons. The lowest BCUT2D eigenvalue weighted by molar-refractivity contribution is -0.114. The van der Waals surface area contributed by atoms with Crippen LogP contribution in [0.15, 0.2) is 11.1 Å².